The lowest BCUT2D eigenvalue weighted by atomic mass is 10.1. The topological polar surface area (TPSA) is 81.9 Å². The number of rotatable bonds is 9. The Balaban J connectivity index is 1.71. The molecule has 1 heterocycles. The molecule has 166 valence electrons. The van der Waals surface area contributed by atoms with E-state index >= 15 is 0 Å². The maximum Gasteiger partial charge on any atom is 0.276 e. The molecule has 2 aromatic carbocycles. The number of benzene rings is 2. The number of pyridine rings is 1. The molecule has 0 radical (unpaired) electrons. The summed E-state index contributed by atoms with van der Waals surface area (Å²) < 4.78 is 12.6. The fourth-order valence-electron chi connectivity index (χ4n) is 3.10. The largest absolute Gasteiger partial charge is 0.490 e. The number of ether oxygens (including phenoxy) is 2. The Morgan fingerprint density at radius 1 is 1.03 bits per heavy atom. The molecule has 3 rings (SSSR count). The van der Waals surface area contributed by atoms with Crippen LogP contribution in [0.3, 0.4) is 0 Å². The molecule has 0 aliphatic rings. The van der Waals surface area contributed by atoms with Gasteiger partial charge in [0.05, 0.1) is 26.0 Å². The van der Waals surface area contributed by atoms with Crippen molar-refractivity contribution in [2.24, 2.45) is 5.10 Å². The van der Waals surface area contributed by atoms with Crippen LogP contribution >= 0.6 is 0 Å². The van der Waals surface area contributed by atoms with Gasteiger partial charge in [-0.15, -0.1) is 0 Å². The summed E-state index contributed by atoms with van der Waals surface area (Å²) in [5, 5.41) is 3.99. The Morgan fingerprint density at radius 2 is 1.75 bits per heavy atom. The molecule has 32 heavy (non-hydrogen) atoms. The number of hydrazone groups is 1. The van der Waals surface area contributed by atoms with Gasteiger partial charge < -0.3 is 14.0 Å². The Labute approximate surface area is 187 Å². The number of amides is 1. The number of nitrogens with one attached hydrogen (secondary N) is 1. The maximum atomic E-state index is 12.8. The smallest absolute Gasteiger partial charge is 0.276 e. The predicted octanol–water partition coefficient (Wildman–Crippen LogP) is 3.77. The number of nitrogens with zero attached hydrogens (tertiary/aromatic N) is 2. The molecular formula is C25H27N3O4. The average Bonchev–Trinajstić information content (AvgIpc) is 2.78. The summed E-state index contributed by atoms with van der Waals surface area (Å²) in [6.45, 7) is 7.21. The van der Waals surface area contributed by atoms with Crippen molar-refractivity contribution in [1.82, 2.24) is 9.99 Å². The van der Waals surface area contributed by atoms with E-state index in [0.717, 1.165) is 16.7 Å². The summed E-state index contributed by atoms with van der Waals surface area (Å²) in [6, 6.07) is 16.4. The summed E-state index contributed by atoms with van der Waals surface area (Å²) in [5.41, 5.74) is 4.93. The van der Waals surface area contributed by atoms with Gasteiger partial charge in [-0.25, -0.2) is 5.43 Å². The number of hydrogen-bond acceptors (Lipinski definition) is 5. The predicted molar refractivity (Wildman–Crippen MR) is 125 cm³/mol. The molecule has 0 spiro atoms. The molecule has 7 heteroatoms. The molecule has 0 aliphatic heterocycles. The van der Waals surface area contributed by atoms with Gasteiger partial charge in [0.15, 0.2) is 11.5 Å². The van der Waals surface area contributed by atoms with Gasteiger partial charge in [0.25, 0.3) is 11.5 Å². The van der Waals surface area contributed by atoms with Crippen LogP contribution in [0.25, 0.3) is 0 Å². The first-order valence-corrected chi connectivity index (χ1v) is 10.5. The van der Waals surface area contributed by atoms with Gasteiger partial charge in [-0.05, 0) is 62.2 Å². The lowest BCUT2D eigenvalue weighted by Gasteiger charge is -2.11. The van der Waals surface area contributed by atoms with Crippen molar-refractivity contribution in [1.29, 1.82) is 0 Å². The summed E-state index contributed by atoms with van der Waals surface area (Å²) in [6.07, 6.45) is 3.15. The molecule has 0 fully saturated rings. The van der Waals surface area contributed by atoms with E-state index in [1.165, 1.54) is 16.8 Å². The third kappa shape index (κ3) is 5.85. The van der Waals surface area contributed by atoms with Crippen LogP contribution in [0.2, 0.25) is 0 Å². The average molecular weight is 434 g/mol. The van der Waals surface area contributed by atoms with Gasteiger partial charge in [0.1, 0.15) is 5.56 Å². The van der Waals surface area contributed by atoms with Gasteiger partial charge >= 0.3 is 0 Å². The maximum absolute atomic E-state index is 12.8. The molecule has 0 saturated carbocycles. The molecule has 0 atom stereocenters. The quantitative estimate of drug-likeness (QED) is 0.411. The van der Waals surface area contributed by atoms with E-state index in [1.54, 1.807) is 30.5 Å². The molecule has 7 nitrogen and oxygen atoms in total. The van der Waals surface area contributed by atoms with Crippen LogP contribution in [0.5, 0.6) is 11.5 Å². The van der Waals surface area contributed by atoms with E-state index in [2.05, 4.69) is 10.5 Å². The van der Waals surface area contributed by atoms with Crippen LogP contribution in [0, 0.1) is 6.92 Å². The summed E-state index contributed by atoms with van der Waals surface area (Å²) >= 11 is 0. The molecule has 1 aromatic heterocycles. The summed E-state index contributed by atoms with van der Waals surface area (Å²) in [5.74, 6) is 0.682. The zero-order valence-electron chi connectivity index (χ0n) is 18.5. The highest BCUT2D eigenvalue weighted by Crippen LogP contribution is 2.27. The van der Waals surface area contributed by atoms with Crippen LogP contribution < -0.4 is 20.5 Å². The second-order valence-electron chi connectivity index (χ2n) is 7.11. The molecule has 0 unspecified atom stereocenters. The zero-order chi connectivity index (χ0) is 22.9. The normalized spacial score (nSPS) is 10.8. The highest BCUT2D eigenvalue weighted by atomic mass is 16.5. The first-order chi connectivity index (χ1) is 15.5. The SMILES string of the molecule is CCOc1ccc(/C=N\NC(=O)c2cccn(Cc3ccc(C)cc3)c2=O)cc1OCC. The molecule has 0 aliphatic carbocycles. The highest BCUT2D eigenvalue weighted by Gasteiger charge is 2.12. The van der Waals surface area contributed by atoms with Crippen molar-refractivity contribution >= 4 is 12.1 Å². The van der Waals surface area contributed by atoms with E-state index < -0.39 is 5.91 Å². The van der Waals surface area contributed by atoms with E-state index in [-0.39, 0.29) is 11.1 Å². The minimum atomic E-state index is -0.569. The molecule has 1 amide bonds. The lowest BCUT2D eigenvalue weighted by Crippen LogP contribution is -2.30. The molecule has 1 N–H and O–H groups in total. The van der Waals surface area contributed by atoms with E-state index in [0.29, 0.717) is 31.3 Å². The van der Waals surface area contributed by atoms with Crippen LogP contribution in [-0.4, -0.2) is 29.9 Å². The van der Waals surface area contributed by atoms with E-state index in [9.17, 15) is 9.59 Å². The number of aromatic nitrogens is 1. The van der Waals surface area contributed by atoms with Gasteiger partial charge in [-0.1, -0.05) is 29.8 Å². The Morgan fingerprint density at radius 3 is 2.47 bits per heavy atom. The summed E-state index contributed by atoms with van der Waals surface area (Å²) in [4.78, 5) is 25.3. The molecular weight excluding hydrogens is 406 g/mol. The fraction of sp³-hybridized carbons (Fsp3) is 0.240. The first kappa shape index (κ1) is 22.8. The zero-order valence-corrected chi connectivity index (χ0v) is 18.5. The van der Waals surface area contributed by atoms with Crippen molar-refractivity contribution in [3.63, 3.8) is 0 Å². The van der Waals surface area contributed by atoms with Crippen molar-refractivity contribution in [3.8, 4) is 11.5 Å². The van der Waals surface area contributed by atoms with Crippen LogP contribution in [-0.2, 0) is 6.54 Å². The van der Waals surface area contributed by atoms with E-state index in [1.807, 2.05) is 45.0 Å². The second-order valence-corrected chi connectivity index (χ2v) is 7.11. The minimum Gasteiger partial charge on any atom is -0.490 e. The van der Waals surface area contributed by atoms with Crippen LogP contribution in [0.1, 0.15) is 40.9 Å². The number of aryl methyl sites for hydroxylation is 1. The number of hydrogen-bond donors (Lipinski definition) is 1. The first-order valence-electron chi connectivity index (χ1n) is 10.5. The van der Waals surface area contributed by atoms with Crippen LogP contribution in [0.15, 0.2) is 70.7 Å². The van der Waals surface area contributed by atoms with Crippen molar-refractivity contribution in [2.45, 2.75) is 27.3 Å². The Kier molecular flexibility index (Phi) is 7.80. The number of carbonyl (C=O) groups is 1. The Bertz CT molecular complexity index is 1150. The lowest BCUT2D eigenvalue weighted by molar-refractivity contribution is 0.0953. The minimum absolute atomic E-state index is 0.0264. The second kappa shape index (κ2) is 10.9. The summed E-state index contributed by atoms with van der Waals surface area (Å²) in [7, 11) is 0. The third-order valence-electron chi connectivity index (χ3n) is 4.69. The molecule has 0 saturated heterocycles. The van der Waals surface area contributed by atoms with Gasteiger partial charge in [0, 0.05) is 6.20 Å². The van der Waals surface area contributed by atoms with E-state index in [4.69, 9.17) is 9.47 Å². The fourth-order valence-corrected chi connectivity index (χ4v) is 3.10. The van der Waals surface area contributed by atoms with Gasteiger partial charge in [-0.3, -0.25) is 9.59 Å². The third-order valence-corrected chi connectivity index (χ3v) is 4.69. The van der Waals surface area contributed by atoms with Gasteiger partial charge in [0.2, 0.25) is 0 Å². The van der Waals surface area contributed by atoms with Crippen molar-refractivity contribution in [3.05, 3.63) is 93.4 Å². The Hall–Kier alpha value is -3.87. The van der Waals surface area contributed by atoms with Crippen LogP contribution in [0.4, 0.5) is 0 Å². The highest BCUT2D eigenvalue weighted by molar-refractivity contribution is 5.94. The monoisotopic (exact) mass is 433 g/mol. The van der Waals surface area contributed by atoms with Gasteiger partial charge in [-0.2, -0.15) is 5.10 Å². The standard InChI is InChI=1S/C25H27N3O4/c1-4-31-22-13-12-20(15-23(22)32-5-2)16-26-27-24(29)21-7-6-14-28(25(21)30)17-19-10-8-18(3)9-11-19/h6-16H,4-5,17H2,1-3H3,(H,27,29)/b26-16-. The molecule has 3 aromatic rings. The molecule has 0 bridgehead atoms. The van der Waals surface area contributed by atoms with Crippen molar-refractivity contribution < 1.29 is 14.3 Å². The number of carbonyl (C=O) groups excluding carboxylic acids is 1. The van der Waals surface area contributed by atoms with Crippen molar-refractivity contribution in [2.75, 3.05) is 13.2 Å².